The van der Waals surface area contributed by atoms with Gasteiger partial charge < -0.3 is 9.36 Å². The number of aromatic nitrogens is 2. The Labute approximate surface area is 153 Å². The van der Waals surface area contributed by atoms with Gasteiger partial charge in [0.1, 0.15) is 6.29 Å². The Morgan fingerprint density at radius 3 is 2.58 bits per heavy atom. The minimum absolute atomic E-state index is 0.00921. The Morgan fingerprint density at radius 2 is 1.96 bits per heavy atom. The molecule has 136 valence electrons. The van der Waals surface area contributed by atoms with Crippen molar-refractivity contribution in [2.75, 3.05) is 0 Å². The number of hydrogen-bond donors (Lipinski definition) is 0. The van der Waals surface area contributed by atoms with E-state index < -0.39 is 22.3 Å². The summed E-state index contributed by atoms with van der Waals surface area (Å²) in [5.74, 6) is 0. The van der Waals surface area contributed by atoms with Crippen molar-refractivity contribution in [1.82, 2.24) is 8.54 Å². The van der Waals surface area contributed by atoms with Crippen molar-refractivity contribution in [2.24, 2.45) is 0 Å². The van der Waals surface area contributed by atoms with Crippen LogP contribution in [0.1, 0.15) is 5.56 Å². The smallest absolute Gasteiger partial charge is 0.308 e. The fourth-order valence-corrected chi connectivity index (χ4v) is 3.26. The lowest BCUT2D eigenvalue weighted by Crippen LogP contribution is -2.20. The average molecular weight is 405 g/mol. The van der Waals surface area contributed by atoms with Gasteiger partial charge in [0.05, 0.1) is 28.0 Å². The lowest BCUT2D eigenvalue weighted by Gasteiger charge is -2.10. The number of pyridine rings is 1. The van der Waals surface area contributed by atoms with Crippen LogP contribution in [0.2, 0.25) is 5.02 Å². The summed E-state index contributed by atoms with van der Waals surface area (Å²) < 4.78 is 54.7. The van der Waals surface area contributed by atoms with Gasteiger partial charge in [-0.2, -0.15) is 13.2 Å². The zero-order valence-electron chi connectivity index (χ0n) is 12.8. The van der Waals surface area contributed by atoms with E-state index in [2.05, 4.69) is 0 Å². The van der Waals surface area contributed by atoms with E-state index in [1.165, 1.54) is 24.5 Å². The van der Waals surface area contributed by atoms with Gasteiger partial charge in [0.2, 0.25) is 0 Å². The lowest BCUT2D eigenvalue weighted by molar-refractivity contribution is -0.137. The van der Waals surface area contributed by atoms with Gasteiger partial charge in [-0.15, -0.1) is 3.89 Å². The molecule has 0 atom stereocenters. The second-order valence-electron chi connectivity index (χ2n) is 5.33. The standard InChI is InChI=1S/C16H9ClF4N2O2S/c17-12-2-1-9(7-11(12)16(18,19)20)10-8-23(26-21)13-3-4-22(5-6-24)15(25)14(10)13/h1-4,6-8H,5H2. The predicted molar refractivity (Wildman–Crippen MR) is 91.8 cm³/mol. The lowest BCUT2D eigenvalue weighted by atomic mass is 10.0. The van der Waals surface area contributed by atoms with Crippen molar-refractivity contribution in [3.63, 3.8) is 0 Å². The van der Waals surface area contributed by atoms with Gasteiger partial charge in [0, 0.05) is 18.0 Å². The first-order valence-electron chi connectivity index (χ1n) is 7.12. The molecule has 0 aliphatic carbocycles. The highest BCUT2D eigenvalue weighted by Crippen LogP contribution is 2.39. The molecule has 1 aromatic carbocycles. The van der Waals surface area contributed by atoms with Gasteiger partial charge in [-0.3, -0.25) is 8.77 Å². The van der Waals surface area contributed by atoms with Gasteiger partial charge in [-0.05, 0) is 23.8 Å². The summed E-state index contributed by atoms with van der Waals surface area (Å²) in [6.07, 6.45) is -1.63. The van der Waals surface area contributed by atoms with Crippen molar-refractivity contribution in [3.8, 4) is 11.1 Å². The zero-order valence-corrected chi connectivity index (χ0v) is 14.3. The minimum Gasteiger partial charge on any atom is -0.308 e. The molecule has 0 aliphatic heterocycles. The molecule has 0 unspecified atom stereocenters. The fraction of sp³-hybridized carbons (Fsp3) is 0.125. The molecule has 0 N–H and O–H groups in total. The quantitative estimate of drug-likeness (QED) is 0.467. The Bertz CT molecular complexity index is 1060. The summed E-state index contributed by atoms with van der Waals surface area (Å²) in [4.78, 5) is 23.3. The molecular weight excluding hydrogens is 396 g/mol. The Balaban J connectivity index is 2.33. The maximum absolute atomic E-state index is 13.2. The number of hydrogen-bond acceptors (Lipinski definition) is 3. The number of rotatable bonds is 4. The number of nitrogens with zero attached hydrogens (tertiary/aromatic N) is 2. The number of aldehydes is 1. The molecule has 0 radical (unpaired) electrons. The molecule has 3 aromatic rings. The van der Waals surface area contributed by atoms with Gasteiger partial charge >= 0.3 is 6.18 Å². The van der Waals surface area contributed by atoms with Crippen LogP contribution in [-0.2, 0) is 17.5 Å². The SMILES string of the molecule is O=CCn1ccc2c(c(-c3ccc(Cl)c(C(F)(F)F)c3)cn2SF)c1=O. The van der Waals surface area contributed by atoms with E-state index in [1.54, 1.807) is 0 Å². The monoisotopic (exact) mass is 404 g/mol. The van der Waals surface area contributed by atoms with Crippen LogP contribution in [0.5, 0.6) is 0 Å². The van der Waals surface area contributed by atoms with Crippen LogP contribution < -0.4 is 5.56 Å². The number of carbonyl (C=O) groups is 1. The molecule has 0 fully saturated rings. The maximum Gasteiger partial charge on any atom is 0.417 e. The van der Waals surface area contributed by atoms with Crippen molar-refractivity contribution in [2.45, 2.75) is 12.7 Å². The molecule has 0 bridgehead atoms. The number of carbonyl (C=O) groups excluding carboxylic acids is 1. The molecule has 2 aromatic heterocycles. The summed E-state index contributed by atoms with van der Waals surface area (Å²) >= 11 is 5.43. The maximum atomic E-state index is 13.2. The van der Waals surface area contributed by atoms with Gasteiger partial charge in [0.25, 0.3) is 5.56 Å². The summed E-state index contributed by atoms with van der Waals surface area (Å²) in [6.45, 7) is -0.226. The fourth-order valence-electron chi connectivity index (χ4n) is 2.66. The summed E-state index contributed by atoms with van der Waals surface area (Å²) in [6, 6.07) is 4.60. The molecule has 3 rings (SSSR count). The topological polar surface area (TPSA) is 44.0 Å². The summed E-state index contributed by atoms with van der Waals surface area (Å²) in [5.41, 5.74) is -1.32. The molecule has 0 saturated carbocycles. The second-order valence-corrected chi connectivity index (χ2v) is 6.27. The van der Waals surface area contributed by atoms with Crippen LogP contribution in [0.15, 0.2) is 41.5 Å². The molecule has 0 saturated heterocycles. The van der Waals surface area contributed by atoms with E-state index in [0.29, 0.717) is 6.29 Å². The van der Waals surface area contributed by atoms with Gasteiger partial charge in [-0.25, -0.2) is 0 Å². The molecule has 0 amide bonds. The van der Waals surface area contributed by atoms with Crippen LogP contribution in [-0.4, -0.2) is 14.8 Å². The molecule has 26 heavy (non-hydrogen) atoms. The van der Waals surface area contributed by atoms with E-state index in [-0.39, 0.29) is 40.9 Å². The number of fused-ring (bicyclic) bond motifs is 1. The van der Waals surface area contributed by atoms with Crippen LogP contribution in [0.3, 0.4) is 0 Å². The normalized spacial score (nSPS) is 11.9. The highest BCUT2D eigenvalue weighted by atomic mass is 35.5. The van der Waals surface area contributed by atoms with Crippen LogP contribution in [0.25, 0.3) is 22.0 Å². The highest BCUT2D eigenvalue weighted by molar-refractivity contribution is 7.92. The average Bonchev–Trinajstić information content (AvgIpc) is 2.96. The number of halogens is 5. The third-order valence-electron chi connectivity index (χ3n) is 3.82. The summed E-state index contributed by atoms with van der Waals surface area (Å²) in [5, 5.41) is -0.474. The van der Waals surface area contributed by atoms with E-state index in [4.69, 9.17) is 11.6 Å². The third-order valence-corrected chi connectivity index (χ3v) is 4.61. The Hall–Kier alpha value is -2.26. The van der Waals surface area contributed by atoms with Gasteiger partial charge in [0.15, 0.2) is 12.3 Å². The largest absolute Gasteiger partial charge is 0.417 e. The molecule has 10 heteroatoms. The predicted octanol–water partition coefficient (Wildman–Crippen LogP) is 4.72. The molecule has 4 nitrogen and oxygen atoms in total. The zero-order chi connectivity index (χ0) is 19.1. The summed E-state index contributed by atoms with van der Waals surface area (Å²) in [7, 11) is 0. The first kappa shape index (κ1) is 18.5. The first-order valence-corrected chi connectivity index (χ1v) is 8.17. The van der Waals surface area contributed by atoms with Crippen LogP contribution in [0, 0.1) is 0 Å². The molecular formula is C16H9ClF4N2O2S. The Kier molecular flexibility index (Phi) is 4.85. The third kappa shape index (κ3) is 3.12. The van der Waals surface area contributed by atoms with E-state index in [9.17, 15) is 26.6 Å². The number of benzene rings is 1. The molecule has 0 aliphatic rings. The number of alkyl halides is 3. The molecule has 2 heterocycles. The first-order chi connectivity index (χ1) is 12.3. The second kappa shape index (κ2) is 6.81. The van der Waals surface area contributed by atoms with E-state index in [0.717, 1.165) is 20.7 Å². The minimum atomic E-state index is -4.68. The van der Waals surface area contributed by atoms with E-state index in [1.807, 2.05) is 0 Å². The Morgan fingerprint density at radius 1 is 1.23 bits per heavy atom. The van der Waals surface area contributed by atoms with Crippen LogP contribution in [0.4, 0.5) is 17.1 Å². The van der Waals surface area contributed by atoms with Crippen molar-refractivity contribution >= 4 is 41.1 Å². The van der Waals surface area contributed by atoms with Crippen LogP contribution >= 0.6 is 23.9 Å². The van der Waals surface area contributed by atoms with E-state index >= 15 is 0 Å². The van der Waals surface area contributed by atoms with Crippen molar-refractivity contribution in [3.05, 3.63) is 57.6 Å². The van der Waals surface area contributed by atoms with Crippen molar-refractivity contribution in [1.29, 1.82) is 0 Å². The van der Waals surface area contributed by atoms with Gasteiger partial charge in [-0.1, -0.05) is 17.7 Å². The van der Waals surface area contributed by atoms with Crippen molar-refractivity contribution < 1.29 is 21.9 Å². The highest BCUT2D eigenvalue weighted by Gasteiger charge is 2.33. The molecule has 0 spiro atoms.